The minimum atomic E-state index is -0.517. The van der Waals surface area contributed by atoms with E-state index < -0.39 is 6.16 Å². The summed E-state index contributed by atoms with van der Waals surface area (Å²) < 4.78 is 9.86. The number of ether oxygens (including phenoxy) is 2. The van der Waals surface area contributed by atoms with Gasteiger partial charge in [0.15, 0.2) is 0 Å². The summed E-state index contributed by atoms with van der Waals surface area (Å²) in [6, 6.07) is 0. The fourth-order valence-electron chi connectivity index (χ4n) is 3.13. The van der Waals surface area contributed by atoms with Crippen LogP contribution >= 0.6 is 0 Å². The summed E-state index contributed by atoms with van der Waals surface area (Å²) in [5, 5.41) is 0. The summed E-state index contributed by atoms with van der Waals surface area (Å²) in [7, 11) is 0. The van der Waals surface area contributed by atoms with Crippen molar-refractivity contribution in [2.75, 3.05) is 13.2 Å². The van der Waals surface area contributed by atoms with Crippen molar-refractivity contribution in [3.8, 4) is 0 Å². The van der Waals surface area contributed by atoms with Crippen LogP contribution in [0.1, 0.15) is 33.1 Å². The Hall–Kier alpha value is -0.990. The number of fused-ring (bicyclic) bond motifs is 2. The van der Waals surface area contributed by atoms with Crippen molar-refractivity contribution in [2.45, 2.75) is 33.1 Å². The number of rotatable bonds is 3. The second-order valence-electron chi connectivity index (χ2n) is 4.75. The third kappa shape index (κ3) is 2.23. The smallest absolute Gasteiger partial charge is 0.435 e. The van der Waals surface area contributed by atoms with E-state index in [0.29, 0.717) is 19.1 Å². The molecular formula is C13H20O3. The molecule has 3 atom stereocenters. The molecule has 90 valence electrons. The van der Waals surface area contributed by atoms with Crippen LogP contribution < -0.4 is 0 Å². The second-order valence-corrected chi connectivity index (χ2v) is 4.75. The number of hydrogen-bond donors (Lipinski definition) is 0. The van der Waals surface area contributed by atoms with Gasteiger partial charge in [-0.15, -0.1) is 0 Å². The zero-order chi connectivity index (χ0) is 11.5. The van der Waals surface area contributed by atoms with Crippen LogP contribution in [-0.2, 0) is 9.47 Å². The van der Waals surface area contributed by atoms with E-state index in [1.54, 1.807) is 12.5 Å². The quantitative estimate of drug-likeness (QED) is 0.545. The Labute approximate surface area is 96.8 Å². The highest BCUT2D eigenvalue weighted by atomic mass is 16.7. The van der Waals surface area contributed by atoms with Gasteiger partial charge in [0.05, 0.1) is 13.2 Å². The first-order chi connectivity index (χ1) is 7.74. The van der Waals surface area contributed by atoms with Crippen molar-refractivity contribution in [3.05, 3.63) is 11.6 Å². The van der Waals surface area contributed by atoms with E-state index in [9.17, 15) is 4.79 Å². The first-order valence-corrected chi connectivity index (χ1v) is 6.19. The molecule has 3 heteroatoms. The van der Waals surface area contributed by atoms with Gasteiger partial charge in [-0.1, -0.05) is 11.6 Å². The van der Waals surface area contributed by atoms with E-state index in [2.05, 4.69) is 13.0 Å². The molecule has 2 aliphatic carbocycles. The zero-order valence-electron chi connectivity index (χ0n) is 10.1. The Bertz CT molecular complexity index is 296. The molecule has 16 heavy (non-hydrogen) atoms. The summed E-state index contributed by atoms with van der Waals surface area (Å²) in [5.74, 6) is 2.04. The minimum absolute atomic E-state index is 0.387. The van der Waals surface area contributed by atoms with Gasteiger partial charge in [0.1, 0.15) is 0 Å². The molecule has 0 N–H and O–H groups in total. The predicted molar refractivity (Wildman–Crippen MR) is 61.1 cm³/mol. The zero-order valence-corrected chi connectivity index (χ0v) is 10.1. The minimum Gasteiger partial charge on any atom is -0.435 e. The molecule has 2 aliphatic rings. The molecule has 0 heterocycles. The number of carbonyl (C=O) groups is 1. The predicted octanol–water partition coefficient (Wildman–Crippen LogP) is 3.15. The number of allylic oxidation sites excluding steroid dienone is 2. The Morgan fingerprint density at radius 3 is 2.81 bits per heavy atom. The molecule has 0 radical (unpaired) electrons. The van der Waals surface area contributed by atoms with Gasteiger partial charge in [0.2, 0.25) is 0 Å². The summed E-state index contributed by atoms with van der Waals surface area (Å²) in [4.78, 5) is 11.1. The molecular weight excluding hydrogens is 204 g/mol. The standard InChI is InChI=1S/C13H20O3/c1-3-9-5-11-6-10(9)7-12(11)8-16-13(14)15-4-2/h3,10-12H,4-8H2,1-2H3. The molecule has 0 spiro atoms. The Balaban J connectivity index is 1.76. The van der Waals surface area contributed by atoms with Crippen molar-refractivity contribution < 1.29 is 14.3 Å². The summed E-state index contributed by atoms with van der Waals surface area (Å²) in [5.41, 5.74) is 1.61. The van der Waals surface area contributed by atoms with Crippen molar-refractivity contribution in [1.82, 2.24) is 0 Å². The van der Waals surface area contributed by atoms with Gasteiger partial charge in [-0.3, -0.25) is 0 Å². The summed E-state index contributed by atoms with van der Waals surface area (Å²) in [6.07, 6.45) is 5.42. The first-order valence-electron chi connectivity index (χ1n) is 6.19. The molecule has 2 bridgehead atoms. The molecule has 2 saturated carbocycles. The monoisotopic (exact) mass is 224 g/mol. The molecule has 2 rings (SSSR count). The van der Waals surface area contributed by atoms with Crippen molar-refractivity contribution >= 4 is 6.16 Å². The van der Waals surface area contributed by atoms with E-state index in [1.807, 2.05) is 0 Å². The Kier molecular flexibility index (Phi) is 3.52. The average molecular weight is 224 g/mol. The maximum Gasteiger partial charge on any atom is 0.508 e. The third-order valence-corrected chi connectivity index (χ3v) is 3.91. The average Bonchev–Trinajstić information content (AvgIpc) is 2.85. The van der Waals surface area contributed by atoms with Crippen LogP contribution in [0.5, 0.6) is 0 Å². The summed E-state index contributed by atoms with van der Waals surface area (Å²) in [6.45, 7) is 4.84. The molecule has 0 saturated heterocycles. The molecule has 3 nitrogen and oxygen atoms in total. The maximum atomic E-state index is 11.1. The van der Waals surface area contributed by atoms with E-state index in [4.69, 9.17) is 9.47 Å². The number of hydrogen-bond acceptors (Lipinski definition) is 3. The Morgan fingerprint density at radius 2 is 2.25 bits per heavy atom. The van der Waals surface area contributed by atoms with Crippen LogP contribution in [0.4, 0.5) is 4.79 Å². The van der Waals surface area contributed by atoms with Gasteiger partial charge in [-0.2, -0.15) is 0 Å². The molecule has 0 aliphatic heterocycles. The van der Waals surface area contributed by atoms with E-state index in [1.165, 1.54) is 19.3 Å². The second kappa shape index (κ2) is 4.89. The van der Waals surface area contributed by atoms with Gasteiger partial charge in [-0.25, -0.2) is 4.79 Å². The highest BCUT2D eigenvalue weighted by molar-refractivity contribution is 5.59. The van der Waals surface area contributed by atoms with Crippen molar-refractivity contribution in [2.24, 2.45) is 17.8 Å². The molecule has 0 aromatic heterocycles. The van der Waals surface area contributed by atoms with Crippen LogP contribution in [0.3, 0.4) is 0 Å². The van der Waals surface area contributed by atoms with Gasteiger partial charge in [-0.05, 0) is 50.9 Å². The lowest BCUT2D eigenvalue weighted by Gasteiger charge is -2.22. The van der Waals surface area contributed by atoms with Crippen LogP contribution in [0.2, 0.25) is 0 Å². The first kappa shape index (κ1) is 11.5. The van der Waals surface area contributed by atoms with E-state index in [-0.39, 0.29) is 0 Å². The number of carbonyl (C=O) groups excluding carboxylic acids is 1. The van der Waals surface area contributed by atoms with Crippen LogP contribution in [0.25, 0.3) is 0 Å². The molecule has 3 unspecified atom stereocenters. The lowest BCUT2D eigenvalue weighted by Crippen LogP contribution is -2.20. The SMILES string of the molecule is CC=C1CC2CC1CC2COC(=O)OCC. The molecule has 0 aromatic carbocycles. The lowest BCUT2D eigenvalue weighted by molar-refractivity contribution is 0.0418. The molecule has 2 fully saturated rings. The van der Waals surface area contributed by atoms with E-state index in [0.717, 1.165) is 11.8 Å². The van der Waals surface area contributed by atoms with Crippen molar-refractivity contribution in [3.63, 3.8) is 0 Å². The van der Waals surface area contributed by atoms with Gasteiger partial charge >= 0.3 is 6.16 Å². The fraction of sp³-hybridized carbons (Fsp3) is 0.769. The van der Waals surface area contributed by atoms with E-state index >= 15 is 0 Å². The fourth-order valence-corrected chi connectivity index (χ4v) is 3.13. The third-order valence-electron chi connectivity index (χ3n) is 3.91. The van der Waals surface area contributed by atoms with Crippen LogP contribution in [0.15, 0.2) is 11.6 Å². The lowest BCUT2D eigenvalue weighted by atomic mass is 9.86. The topological polar surface area (TPSA) is 35.5 Å². The van der Waals surface area contributed by atoms with Crippen LogP contribution in [0, 0.1) is 17.8 Å². The summed E-state index contributed by atoms with van der Waals surface area (Å²) >= 11 is 0. The Morgan fingerprint density at radius 1 is 1.44 bits per heavy atom. The van der Waals surface area contributed by atoms with Gasteiger partial charge < -0.3 is 9.47 Å². The maximum absolute atomic E-state index is 11.1. The van der Waals surface area contributed by atoms with Gasteiger partial charge in [0.25, 0.3) is 0 Å². The molecule has 0 amide bonds. The molecule has 0 aromatic rings. The highest BCUT2D eigenvalue weighted by Gasteiger charge is 2.42. The van der Waals surface area contributed by atoms with Crippen molar-refractivity contribution in [1.29, 1.82) is 0 Å². The largest absolute Gasteiger partial charge is 0.508 e. The van der Waals surface area contributed by atoms with Gasteiger partial charge in [0, 0.05) is 0 Å². The highest BCUT2D eigenvalue weighted by Crippen LogP contribution is 2.51. The normalized spacial score (nSPS) is 34.4. The van der Waals surface area contributed by atoms with Crippen LogP contribution in [-0.4, -0.2) is 19.4 Å².